The van der Waals surface area contributed by atoms with E-state index in [4.69, 9.17) is 14.2 Å². The number of amides is 1. The molecule has 1 aromatic carbocycles. The number of thiophene rings is 1. The molecule has 2 aromatic rings. The van der Waals surface area contributed by atoms with Gasteiger partial charge in [-0.05, 0) is 63.3 Å². The normalized spacial score (nSPS) is 12.8. The molecule has 0 saturated carbocycles. The predicted molar refractivity (Wildman–Crippen MR) is 109 cm³/mol. The molecule has 0 saturated heterocycles. The number of rotatable bonds is 7. The van der Waals surface area contributed by atoms with Crippen molar-refractivity contribution in [1.29, 1.82) is 0 Å². The van der Waals surface area contributed by atoms with Gasteiger partial charge in [-0.2, -0.15) is 0 Å². The zero-order valence-electron chi connectivity index (χ0n) is 16.4. The summed E-state index contributed by atoms with van der Waals surface area (Å²) in [5, 5.41) is 3.45. The number of esters is 1. The van der Waals surface area contributed by atoms with Crippen LogP contribution in [0, 0.1) is 0 Å². The van der Waals surface area contributed by atoms with Gasteiger partial charge in [0.05, 0.1) is 25.9 Å². The van der Waals surface area contributed by atoms with E-state index in [9.17, 15) is 9.59 Å². The molecule has 1 aliphatic carbocycles. The lowest BCUT2D eigenvalue weighted by Gasteiger charge is -2.13. The number of carbonyl (C=O) groups excluding carboxylic acids is 2. The fourth-order valence-corrected chi connectivity index (χ4v) is 4.61. The fraction of sp³-hybridized carbons (Fsp3) is 0.429. The minimum absolute atomic E-state index is 0.298. The van der Waals surface area contributed by atoms with E-state index in [2.05, 4.69) is 5.32 Å². The zero-order chi connectivity index (χ0) is 20.1. The Balaban J connectivity index is 1.90. The maximum Gasteiger partial charge on any atom is 0.341 e. The Morgan fingerprint density at radius 1 is 1.07 bits per heavy atom. The number of hydrogen-bond acceptors (Lipinski definition) is 6. The van der Waals surface area contributed by atoms with Crippen LogP contribution in [0.15, 0.2) is 18.2 Å². The third-order valence-corrected chi connectivity index (χ3v) is 5.80. The van der Waals surface area contributed by atoms with Crippen LogP contribution in [0.1, 0.15) is 57.8 Å². The number of carbonyl (C=O) groups is 2. The average molecular weight is 404 g/mol. The van der Waals surface area contributed by atoms with Gasteiger partial charge in [-0.15, -0.1) is 11.3 Å². The molecule has 1 heterocycles. The zero-order valence-corrected chi connectivity index (χ0v) is 17.2. The summed E-state index contributed by atoms with van der Waals surface area (Å²) in [4.78, 5) is 26.4. The SMILES string of the molecule is CCOc1ccc(C(=O)Nc2sc3c(c2C(=O)OC)CCCC3)cc1OCC. The van der Waals surface area contributed by atoms with Gasteiger partial charge in [-0.3, -0.25) is 4.79 Å². The summed E-state index contributed by atoms with van der Waals surface area (Å²) in [6, 6.07) is 5.08. The second kappa shape index (κ2) is 9.10. The maximum absolute atomic E-state index is 12.9. The van der Waals surface area contributed by atoms with Crippen LogP contribution in [0.25, 0.3) is 0 Å². The summed E-state index contributed by atoms with van der Waals surface area (Å²) in [5.41, 5.74) is 1.95. The Morgan fingerprint density at radius 3 is 2.50 bits per heavy atom. The van der Waals surface area contributed by atoms with E-state index in [-0.39, 0.29) is 5.91 Å². The fourth-order valence-electron chi connectivity index (χ4n) is 3.34. The molecule has 0 atom stereocenters. The van der Waals surface area contributed by atoms with Crippen molar-refractivity contribution < 1.29 is 23.8 Å². The lowest BCUT2D eigenvalue weighted by molar-refractivity contribution is 0.0601. The predicted octanol–water partition coefficient (Wildman–Crippen LogP) is 4.46. The van der Waals surface area contributed by atoms with Crippen LogP contribution in [-0.2, 0) is 17.6 Å². The summed E-state index contributed by atoms with van der Waals surface area (Å²) in [6.45, 7) is 4.74. The minimum Gasteiger partial charge on any atom is -0.490 e. The van der Waals surface area contributed by atoms with Crippen LogP contribution in [-0.4, -0.2) is 32.2 Å². The van der Waals surface area contributed by atoms with Gasteiger partial charge in [0, 0.05) is 10.4 Å². The Hall–Kier alpha value is -2.54. The smallest absolute Gasteiger partial charge is 0.341 e. The topological polar surface area (TPSA) is 73.9 Å². The standard InChI is InChI=1S/C21H25NO5S/c1-4-26-15-11-10-13(12-16(15)27-5-2)19(23)22-20-18(21(24)25-3)14-8-6-7-9-17(14)28-20/h10-12H,4-9H2,1-3H3,(H,22,23). The lowest BCUT2D eigenvalue weighted by atomic mass is 9.95. The van der Waals surface area contributed by atoms with Crippen molar-refractivity contribution in [3.05, 3.63) is 39.8 Å². The van der Waals surface area contributed by atoms with Crippen LogP contribution in [0.2, 0.25) is 0 Å². The highest BCUT2D eigenvalue weighted by Gasteiger charge is 2.27. The Kier molecular flexibility index (Phi) is 6.57. The van der Waals surface area contributed by atoms with Crippen molar-refractivity contribution in [1.82, 2.24) is 0 Å². The summed E-state index contributed by atoms with van der Waals surface area (Å²) in [7, 11) is 1.36. The van der Waals surface area contributed by atoms with Crippen molar-refractivity contribution in [2.24, 2.45) is 0 Å². The van der Waals surface area contributed by atoms with E-state index < -0.39 is 5.97 Å². The molecular formula is C21H25NO5S. The van der Waals surface area contributed by atoms with E-state index >= 15 is 0 Å². The van der Waals surface area contributed by atoms with Gasteiger partial charge in [0.25, 0.3) is 5.91 Å². The molecule has 0 unspecified atom stereocenters. The first kappa shape index (κ1) is 20.2. The third kappa shape index (κ3) is 4.14. The largest absolute Gasteiger partial charge is 0.490 e. The summed E-state index contributed by atoms with van der Waals surface area (Å²) >= 11 is 1.47. The van der Waals surface area contributed by atoms with Gasteiger partial charge in [0.15, 0.2) is 11.5 Å². The van der Waals surface area contributed by atoms with E-state index in [1.165, 1.54) is 18.4 Å². The summed E-state index contributed by atoms with van der Waals surface area (Å²) in [6.07, 6.45) is 3.90. The number of anilines is 1. The summed E-state index contributed by atoms with van der Waals surface area (Å²) < 4.78 is 16.1. The van der Waals surface area contributed by atoms with Gasteiger partial charge in [-0.1, -0.05) is 0 Å². The molecule has 150 valence electrons. The molecule has 0 fully saturated rings. The first-order chi connectivity index (χ1) is 13.6. The molecule has 6 nitrogen and oxygen atoms in total. The van der Waals surface area contributed by atoms with Crippen molar-refractivity contribution in [2.45, 2.75) is 39.5 Å². The van der Waals surface area contributed by atoms with Crippen molar-refractivity contribution in [3.8, 4) is 11.5 Å². The Morgan fingerprint density at radius 2 is 1.79 bits per heavy atom. The minimum atomic E-state index is -0.406. The number of methoxy groups -OCH3 is 1. The second-order valence-corrected chi connectivity index (χ2v) is 7.49. The van der Waals surface area contributed by atoms with Gasteiger partial charge in [-0.25, -0.2) is 4.79 Å². The van der Waals surface area contributed by atoms with E-state index in [1.54, 1.807) is 18.2 Å². The quantitative estimate of drug-likeness (QED) is 0.691. The molecule has 0 radical (unpaired) electrons. The van der Waals surface area contributed by atoms with E-state index in [0.717, 1.165) is 36.1 Å². The van der Waals surface area contributed by atoms with Gasteiger partial charge in [0.2, 0.25) is 0 Å². The molecule has 7 heteroatoms. The number of ether oxygens (including phenoxy) is 3. The Labute approximate surface area is 168 Å². The molecule has 1 aliphatic rings. The van der Waals surface area contributed by atoms with Crippen LogP contribution >= 0.6 is 11.3 Å². The second-order valence-electron chi connectivity index (χ2n) is 6.39. The maximum atomic E-state index is 12.9. The number of nitrogens with one attached hydrogen (secondary N) is 1. The number of fused-ring (bicyclic) bond motifs is 1. The van der Waals surface area contributed by atoms with Crippen LogP contribution < -0.4 is 14.8 Å². The highest BCUT2D eigenvalue weighted by atomic mass is 32.1. The van der Waals surface area contributed by atoms with Gasteiger partial charge >= 0.3 is 5.97 Å². The third-order valence-electron chi connectivity index (χ3n) is 4.59. The first-order valence-electron chi connectivity index (χ1n) is 9.52. The lowest BCUT2D eigenvalue weighted by Crippen LogP contribution is -2.15. The van der Waals surface area contributed by atoms with Crippen molar-refractivity contribution in [3.63, 3.8) is 0 Å². The molecule has 0 spiro atoms. The van der Waals surface area contributed by atoms with E-state index in [0.29, 0.717) is 40.8 Å². The van der Waals surface area contributed by atoms with Crippen LogP contribution in [0.4, 0.5) is 5.00 Å². The first-order valence-corrected chi connectivity index (χ1v) is 10.3. The molecule has 1 N–H and O–H groups in total. The Bertz CT molecular complexity index is 874. The molecule has 1 aromatic heterocycles. The number of benzene rings is 1. The summed E-state index contributed by atoms with van der Waals surface area (Å²) in [5.74, 6) is 0.419. The molecular weight excluding hydrogens is 378 g/mol. The monoisotopic (exact) mass is 403 g/mol. The molecule has 0 aliphatic heterocycles. The highest BCUT2D eigenvalue weighted by Crippen LogP contribution is 2.39. The van der Waals surface area contributed by atoms with Gasteiger partial charge in [0.1, 0.15) is 5.00 Å². The highest BCUT2D eigenvalue weighted by molar-refractivity contribution is 7.17. The molecule has 3 rings (SSSR count). The van der Waals surface area contributed by atoms with Crippen LogP contribution in [0.5, 0.6) is 11.5 Å². The van der Waals surface area contributed by atoms with Crippen molar-refractivity contribution >= 4 is 28.2 Å². The van der Waals surface area contributed by atoms with Crippen LogP contribution in [0.3, 0.4) is 0 Å². The number of hydrogen-bond donors (Lipinski definition) is 1. The number of aryl methyl sites for hydroxylation is 1. The molecule has 0 bridgehead atoms. The average Bonchev–Trinajstić information content (AvgIpc) is 3.06. The van der Waals surface area contributed by atoms with Gasteiger partial charge < -0.3 is 19.5 Å². The van der Waals surface area contributed by atoms with Crippen molar-refractivity contribution in [2.75, 3.05) is 25.6 Å². The molecule has 28 heavy (non-hydrogen) atoms. The molecule has 1 amide bonds. The van der Waals surface area contributed by atoms with E-state index in [1.807, 2.05) is 13.8 Å².